The van der Waals surface area contributed by atoms with Crippen LogP contribution in [0.25, 0.3) is 0 Å². The highest BCUT2D eigenvalue weighted by molar-refractivity contribution is 5.41. The highest BCUT2D eigenvalue weighted by Gasteiger charge is 2.21. The fourth-order valence-electron chi connectivity index (χ4n) is 2.61. The molecule has 1 unspecified atom stereocenters. The maximum Gasteiger partial charge on any atom is 0.161 e. The lowest BCUT2D eigenvalue weighted by molar-refractivity contribution is 0.210. The third kappa shape index (κ3) is 3.61. The molecule has 0 radical (unpaired) electrons. The minimum Gasteiger partial charge on any atom is -0.504 e. The number of aromatic hydroxyl groups is 1. The third-order valence-corrected chi connectivity index (χ3v) is 3.67. The first kappa shape index (κ1) is 14.2. The topological polar surface area (TPSA) is 44.7 Å². The molecule has 0 aromatic heterocycles. The van der Waals surface area contributed by atoms with Crippen LogP contribution in [-0.2, 0) is 6.54 Å². The van der Waals surface area contributed by atoms with Crippen LogP contribution in [0.2, 0.25) is 0 Å². The summed E-state index contributed by atoms with van der Waals surface area (Å²) in [4.78, 5) is 2.47. The van der Waals surface area contributed by atoms with Crippen LogP contribution < -0.4 is 10.1 Å². The maximum atomic E-state index is 9.72. The summed E-state index contributed by atoms with van der Waals surface area (Å²) in [6, 6.07) is 6.27. The summed E-state index contributed by atoms with van der Waals surface area (Å²) in [6.07, 6.45) is 1.21. The Morgan fingerprint density at radius 1 is 1.42 bits per heavy atom. The number of likely N-dealkylation sites (N-methyl/N-ethyl adjacent to an activating group) is 1. The van der Waals surface area contributed by atoms with Crippen molar-refractivity contribution in [2.24, 2.45) is 0 Å². The van der Waals surface area contributed by atoms with Crippen LogP contribution in [0.1, 0.15) is 25.8 Å². The van der Waals surface area contributed by atoms with E-state index in [4.69, 9.17) is 4.74 Å². The molecule has 4 heteroatoms. The van der Waals surface area contributed by atoms with E-state index in [1.807, 2.05) is 19.1 Å². The Bertz CT molecular complexity index is 403. The van der Waals surface area contributed by atoms with E-state index in [1.165, 1.54) is 12.0 Å². The molecule has 1 fully saturated rings. The molecule has 4 nitrogen and oxygen atoms in total. The molecule has 0 aliphatic carbocycles. The average molecular weight is 264 g/mol. The van der Waals surface area contributed by atoms with E-state index in [-0.39, 0.29) is 5.75 Å². The number of benzene rings is 1. The zero-order chi connectivity index (χ0) is 13.7. The average Bonchev–Trinajstić information content (AvgIpc) is 2.93. The van der Waals surface area contributed by atoms with E-state index in [1.54, 1.807) is 6.07 Å². The van der Waals surface area contributed by atoms with E-state index in [0.717, 1.165) is 26.2 Å². The van der Waals surface area contributed by atoms with Crippen LogP contribution in [0, 0.1) is 0 Å². The predicted octanol–water partition coefficient (Wildman–Crippen LogP) is 1.97. The number of hydrogen-bond acceptors (Lipinski definition) is 4. The summed E-state index contributed by atoms with van der Waals surface area (Å²) in [6.45, 7) is 8.82. The van der Waals surface area contributed by atoms with Gasteiger partial charge >= 0.3 is 0 Å². The molecule has 0 bridgehead atoms. The number of ether oxygens (including phenoxy) is 1. The molecule has 1 aromatic carbocycles. The Morgan fingerprint density at radius 2 is 2.26 bits per heavy atom. The Morgan fingerprint density at radius 3 is 2.89 bits per heavy atom. The van der Waals surface area contributed by atoms with E-state index < -0.39 is 0 Å². The lowest BCUT2D eigenvalue weighted by Gasteiger charge is -2.27. The van der Waals surface area contributed by atoms with Gasteiger partial charge in [0.05, 0.1) is 6.61 Å². The summed E-state index contributed by atoms with van der Waals surface area (Å²) in [7, 11) is 0. The highest BCUT2D eigenvalue weighted by atomic mass is 16.5. The molecular weight excluding hydrogens is 240 g/mol. The second-order valence-corrected chi connectivity index (χ2v) is 4.94. The summed E-state index contributed by atoms with van der Waals surface area (Å²) in [5, 5.41) is 13.1. The van der Waals surface area contributed by atoms with Crippen molar-refractivity contribution in [1.82, 2.24) is 10.2 Å². The summed E-state index contributed by atoms with van der Waals surface area (Å²) in [5.74, 6) is 0.803. The maximum absolute atomic E-state index is 9.72. The van der Waals surface area contributed by atoms with Gasteiger partial charge in [-0.2, -0.15) is 0 Å². The first-order valence-electron chi connectivity index (χ1n) is 7.14. The first-order chi connectivity index (χ1) is 9.24. The molecule has 19 heavy (non-hydrogen) atoms. The Balaban J connectivity index is 2.06. The van der Waals surface area contributed by atoms with Crippen molar-refractivity contribution in [3.8, 4) is 11.5 Å². The molecule has 2 rings (SSSR count). The minimum atomic E-state index is 0.219. The monoisotopic (exact) mass is 264 g/mol. The molecule has 2 N–H and O–H groups in total. The summed E-state index contributed by atoms with van der Waals surface area (Å²) in [5.41, 5.74) is 1.19. The molecule has 106 valence electrons. The van der Waals surface area contributed by atoms with E-state index in [0.29, 0.717) is 18.4 Å². The molecule has 1 saturated heterocycles. The van der Waals surface area contributed by atoms with Crippen LogP contribution in [0.15, 0.2) is 18.2 Å². The van der Waals surface area contributed by atoms with E-state index >= 15 is 0 Å². The highest BCUT2D eigenvalue weighted by Crippen LogP contribution is 2.27. The van der Waals surface area contributed by atoms with Crippen molar-refractivity contribution in [2.75, 3.05) is 26.2 Å². The number of nitrogens with one attached hydrogen (secondary N) is 1. The largest absolute Gasteiger partial charge is 0.504 e. The molecule has 0 amide bonds. The normalized spacial score (nSPS) is 19.0. The molecular formula is C15H24N2O2. The number of hydrogen-bond donors (Lipinski definition) is 2. The molecule has 1 heterocycles. The lowest BCUT2D eigenvalue weighted by atomic mass is 10.1. The van der Waals surface area contributed by atoms with Gasteiger partial charge in [0.25, 0.3) is 0 Å². The van der Waals surface area contributed by atoms with Crippen LogP contribution >= 0.6 is 0 Å². The first-order valence-corrected chi connectivity index (χ1v) is 7.14. The van der Waals surface area contributed by atoms with Crippen molar-refractivity contribution in [3.05, 3.63) is 23.8 Å². The Hall–Kier alpha value is -1.26. The van der Waals surface area contributed by atoms with Gasteiger partial charge in [0.1, 0.15) is 0 Å². The number of nitrogens with zero attached hydrogens (tertiary/aromatic N) is 1. The molecule has 1 aliphatic heterocycles. The number of phenolic OH excluding ortho intramolecular Hbond substituents is 1. The van der Waals surface area contributed by atoms with Gasteiger partial charge < -0.3 is 15.2 Å². The molecule has 1 atom stereocenters. The van der Waals surface area contributed by atoms with Crippen LogP contribution in [0.3, 0.4) is 0 Å². The van der Waals surface area contributed by atoms with Crippen LogP contribution in [0.4, 0.5) is 0 Å². The van der Waals surface area contributed by atoms with Crippen LogP contribution in [-0.4, -0.2) is 42.3 Å². The van der Waals surface area contributed by atoms with Gasteiger partial charge in [-0.15, -0.1) is 0 Å². The van der Waals surface area contributed by atoms with Gasteiger partial charge in [-0.1, -0.05) is 13.0 Å². The fraction of sp³-hybridized carbons (Fsp3) is 0.600. The lowest BCUT2D eigenvalue weighted by Crippen LogP contribution is -2.36. The fourth-order valence-corrected chi connectivity index (χ4v) is 2.61. The summed E-state index contributed by atoms with van der Waals surface area (Å²) < 4.78 is 5.44. The zero-order valence-corrected chi connectivity index (χ0v) is 11.9. The standard InChI is InChI=1S/C15H24N2O2/c1-3-17(13-7-8-16-10-13)11-12-5-6-14(18)15(9-12)19-4-2/h5-6,9,13,16,18H,3-4,7-8,10-11H2,1-2H3. The Kier molecular flexibility index (Phi) is 5.05. The van der Waals surface area contributed by atoms with E-state index in [9.17, 15) is 5.11 Å². The van der Waals surface area contributed by atoms with E-state index in [2.05, 4.69) is 17.1 Å². The van der Waals surface area contributed by atoms with Crippen molar-refractivity contribution < 1.29 is 9.84 Å². The number of rotatable bonds is 6. The van der Waals surface area contributed by atoms with Gasteiger partial charge in [0, 0.05) is 19.1 Å². The molecule has 1 aromatic rings. The van der Waals surface area contributed by atoms with Gasteiger partial charge in [0.15, 0.2) is 11.5 Å². The zero-order valence-electron chi connectivity index (χ0n) is 11.9. The third-order valence-electron chi connectivity index (χ3n) is 3.67. The smallest absolute Gasteiger partial charge is 0.161 e. The van der Waals surface area contributed by atoms with Gasteiger partial charge in [0.2, 0.25) is 0 Å². The SMILES string of the molecule is CCOc1cc(CN(CC)C2CCNC2)ccc1O. The van der Waals surface area contributed by atoms with Crippen molar-refractivity contribution in [1.29, 1.82) is 0 Å². The minimum absolute atomic E-state index is 0.219. The second-order valence-electron chi connectivity index (χ2n) is 4.94. The Labute approximate surface area is 115 Å². The second kappa shape index (κ2) is 6.78. The van der Waals surface area contributed by atoms with Crippen molar-refractivity contribution in [3.63, 3.8) is 0 Å². The van der Waals surface area contributed by atoms with Gasteiger partial charge in [-0.3, -0.25) is 4.90 Å². The number of phenols is 1. The van der Waals surface area contributed by atoms with Crippen LogP contribution in [0.5, 0.6) is 11.5 Å². The van der Waals surface area contributed by atoms with Gasteiger partial charge in [-0.25, -0.2) is 0 Å². The molecule has 0 saturated carbocycles. The predicted molar refractivity (Wildman–Crippen MR) is 76.6 cm³/mol. The van der Waals surface area contributed by atoms with Gasteiger partial charge in [-0.05, 0) is 44.1 Å². The summed E-state index contributed by atoms with van der Waals surface area (Å²) >= 11 is 0. The van der Waals surface area contributed by atoms with Crippen molar-refractivity contribution in [2.45, 2.75) is 32.9 Å². The van der Waals surface area contributed by atoms with Crippen molar-refractivity contribution >= 4 is 0 Å². The quantitative estimate of drug-likeness (QED) is 0.824. The molecule has 0 spiro atoms. The molecule has 1 aliphatic rings.